The molecule has 2 aromatic carbocycles. The summed E-state index contributed by atoms with van der Waals surface area (Å²) in [4.78, 5) is 12.0. The number of hydrogen-bond acceptors (Lipinski definition) is 3. The second-order valence-corrected chi connectivity index (χ2v) is 4.67. The van der Waals surface area contributed by atoms with Crippen molar-refractivity contribution in [3.05, 3.63) is 65.2 Å². The summed E-state index contributed by atoms with van der Waals surface area (Å²) >= 11 is 0. The Bertz CT molecular complexity index is 732. The van der Waals surface area contributed by atoms with Gasteiger partial charge in [-0.2, -0.15) is 13.2 Å². The fraction of sp³-hybridized carbons (Fsp3) is 0.118. The van der Waals surface area contributed by atoms with Crippen molar-refractivity contribution in [2.75, 3.05) is 7.11 Å². The zero-order valence-corrected chi connectivity index (χ0v) is 12.1. The zero-order chi connectivity index (χ0) is 17.0. The average Bonchev–Trinajstić information content (AvgIpc) is 2.53. The molecular formula is C17H13F3O3. The number of methoxy groups -OCH3 is 1. The number of alkyl halides is 3. The summed E-state index contributed by atoms with van der Waals surface area (Å²) in [5.74, 6) is -0.332. The topological polar surface area (TPSA) is 46.5 Å². The van der Waals surface area contributed by atoms with E-state index >= 15 is 0 Å². The van der Waals surface area contributed by atoms with Crippen molar-refractivity contribution in [1.82, 2.24) is 0 Å². The van der Waals surface area contributed by atoms with Crippen LogP contribution in [0.1, 0.15) is 21.5 Å². The summed E-state index contributed by atoms with van der Waals surface area (Å²) in [7, 11) is 1.40. The van der Waals surface area contributed by atoms with Crippen molar-refractivity contribution in [3.8, 4) is 11.5 Å². The number of ketones is 1. The Morgan fingerprint density at radius 2 is 1.78 bits per heavy atom. The van der Waals surface area contributed by atoms with Gasteiger partial charge in [-0.25, -0.2) is 0 Å². The number of phenolic OH excluding ortho intramolecular Hbond substituents is 1. The molecule has 2 rings (SSSR count). The highest BCUT2D eigenvalue weighted by Gasteiger charge is 2.30. The molecule has 1 N–H and O–H groups in total. The van der Waals surface area contributed by atoms with E-state index in [4.69, 9.17) is 4.74 Å². The van der Waals surface area contributed by atoms with E-state index in [-0.39, 0.29) is 17.1 Å². The molecule has 3 nitrogen and oxygen atoms in total. The van der Waals surface area contributed by atoms with Crippen LogP contribution in [0.3, 0.4) is 0 Å². The van der Waals surface area contributed by atoms with Crippen LogP contribution in [0.15, 0.2) is 48.5 Å². The molecule has 0 aromatic heterocycles. The fourth-order valence-electron chi connectivity index (χ4n) is 1.92. The minimum Gasteiger partial charge on any atom is -0.504 e. The van der Waals surface area contributed by atoms with Crippen LogP contribution in [0.4, 0.5) is 13.2 Å². The lowest BCUT2D eigenvalue weighted by molar-refractivity contribution is -0.137. The smallest absolute Gasteiger partial charge is 0.416 e. The second-order valence-electron chi connectivity index (χ2n) is 4.67. The van der Waals surface area contributed by atoms with Crippen molar-refractivity contribution in [2.45, 2.75) is 6.18 Å². The SMILES string of the molecule is COc1cccc(/C=C/C(=O)c2ccc(C(F)(F)F)cc2)c1O. The number of benzene rings is 2. The number of ether oxygens (including phenoxy) is 1. The van der Waals surface area contributed by atoms with Crippen molar-refractivity contribution in [3.63, 3.8) is 0 Å². The molecule has 0 radical (unpaired) electrons. The van der Waals surface area contributed by atoms with E-state index in [0.29, 0.717) is 5.56 Å². The molecule has 0 amide bonds. The molecule has 2 aromatic rings. The minimum atomic E-state index is -4.44. The molecule has 23 heavy (non-hydrogen) atoms. The predicted molar refractivity (Wildman–Crippen MR) is 79.5 cm³/mol. The maximum atomic E-state index is 12.5. The molecule has 120 valence electrons. The zero-order valence-electron chi connectivity index (χ0n) is 12.1. The third-order valence-corrected chi connectivity index (χ3v) is 3.16. The van der Waals surface area contributed by atoms with Gasteiger partial charge in [0, 0.05) is 11.1 Å². The van der Waals surface area contributed by atoms with Gasteiger partial charge in [-0.05, 0) is 30.4 Å². The standard InChI is InChI=1S/C17H13F3O3/c1-23-15-4-2-3-12(16(15)22)7-10-14(21)11-5-8-13(9-6-11)17(18,19)20/h2-10,22H,1H3/b10-7+. The first-order valence-corrected chi connectivity index (χ1v) is 6.58. The first-order chi connectivity index (χ1) is 10.8. The minimum absolute atomic E-state index is 0.119. The number of phenols is 1. The fourth-order valence-corrected chi connectivity index (χ4v) is 1.92. The number of hydrogen-bond donors (Lipinski definition) is 1. The normalized spacial score (nSPS) is 11.7. The van der Waals surface area contributed by atoms with Crippen LogP contribution in [0.25, 0.3) is 6.08 Å². The molecule has 6 heteroatoms. The molecule has 0 spiro atoms. The Balaban J connectivity index is 2.19. The molecule has 0 aliphatic carbocycles. The lowest BCUT2D eigenvalue weighted by Crippen LogP contribution is -2.05. The summed E-state index contributed by atoms with van der Waals surface area (Å²) < 4.78 is 42.3. The van der Waals surface area contributed by atoms with E-state index in [2.05, 4.69) is 0 Å². The van der Waals surface area contributed by atoms with Gasteiger partial charge in [0.15, 0.2) is 17.3 Å². The third kappa shape index (κ3) is 3.91. The van der Waals surface area contributed by atoms with Gasteiger partial charge >= 0.3 is 6.18 Å². The number of para-hydroxylation sites is 1. The van der Waals surface area contributed by atoms with Gasteiger partial charge in [-0.3, -0.25) is 4.79 Å². The van der Waals surface area contributed by atoms with Gasteiger partial charge in [-0.15, -0.1) is 0 Å². The summed E-state index contributed by atoms with van der Waals surface area (Å²) in [6, 6.07) is 8.70. The van der Waals surface area contributed by atoms with E-state index in [1.165, 1.54) is 19.3 Å². The monoisotopic (exact) mass is 322 g/mol. The third-order valence-electron chi connectivity index (χ3n) is 3.16. The lowest BCUT2D eigenvalue weighted by Gasteiger charge is -2.06. The summed E-state index contributed by atoms with van der Waals surface area (Å²) in [6.45, 7) is 0. The Labute approximate surface area is 130 Å². The van der Waals surface area contributed by atoms with Gasteiger partial charge in [0.05, 0.1) is 12.7 Å². The molecule has 0 unspecified atom stereocenters. The van der Waals surface area contributed by atoms with Crippen molar-refractivity contribution < 1.29 is 27.8 Å². The molecule has 0 aliphatic rings. The molecule has 0 saturated heterocycles. The van der Waals surface area contributed by atoms with Crippen molar-refractivity contribution >= 4 is 11.9 Å². The highest BCUT2D eigenvalue weighted by atomic mass is 19.4. The predicted octanol–water partition coefficient (Wildman–Crippen LogP) is 4.32. The van der Waals surface area contributed by atoms with Crippen LogP contribution in [0.2, 0.25) is 0 Å². The van der Waals surface area contributed by atoms with Gasteiger partial charge in [0.1, 0.15) is 0 Å². The summed E-state index contributed by atoms with van der Waals surface area (Å²) in [5.41, 5.74) is -0.329. The molecule has 0 bridgehead atoms. The average molecular weight is 322 g/mol. The molecule has 0 heterocycles. The second kappa shape index (κ2) is 6.56. The summed E-state index contributed by atoms with van der Waals surface area (Å²) in [5, 5.41) is 9.89. The van der Waals surface area contributed by atoms with Gasteiger partial charge < -0.3 is 9.84 Å². The quantitative estimate of drug-likeness (QED) is 0.674. The molecular weight excluding hydrogens is 309 g/mol. The number of carbonyl (C=O) groups excluding carboxylic acids is 1. The van der Waals surface area contributed by atoms with E-state index in [1.807, 2.05) is 0 Å². The number of carbonyl (C=O) groups is 1. The molecule has 0 fully saturated rings. The van der Waals surface area contributed by atoms with Crippen LogP contribution >= 0.6 is 0 Å². The first kappa shape index (κ1) is 16.6. The Morgan fingerprint density at radius 1 is 1.13 bits per heavy atom. The maximum Gasteiger partial charge on any atom is 0.416 e. The number of rotatable bonds is 4. The molecule has 0 aliphatic heterocycles. The van der Waals surface area contributed by atoms with E-state index < -0.39 is 17.5 Å². The van der Waals surface area contributed by atoms with Crippen LogP contribution < -0.4 is 4.74 Å². The lowest BCUT2D eigenvalue weighted by atomic mass is 10.1. The van der Waals surface area contributed by atoms with E-state index in [9.17, 15) is 23.1 Å². The van der Waals surface area contributed by atoms with Crippen molar-refractivity contribution in [2.24, 2.45) is 0 Å². The number of allylic oxidation sites excluding steroid dienone is 1. The van der Waals surface area contributed by atoms with Gasteiger partial charge in [0.25, 0.3) is 0 Å². The summed E-state index contributed by atoms with van der Waals surface area (Å²) in [6.07, 6.45) is -1.89. The molecule has 0 atom stereocenters. The van der Waals surface area contributed by atoms with Crippen LogP contribution in [0.5, 0.6) is 11.5 Å². The van der Waals surface area contributed by atoms with E-state index in [1.54, 1.807) is 18.2 Å². The number of aromatic hydroxyl groups is 1. The van der Waals surface area contributed by atoms with Crippen LogP contribution in [-0.4, -0.2) is 18.0 Å². The highest BCUT2D eigenvalue weighted by molar-refractivity contribution is 6.07. The first-order valence-electron chi connectivity index (χ1n) is 6.58. The Hall–Kier alpha value is -2.76. The maximum absolute atomic E-state index is 12.5. The Morgan fingerprint density at radius 3 is 2.35 bits per heavy atom. The Kier molecular flexibility index (Phi) is 4.74. The number of halogens is 3. The molecule has 0 saturated carbocycles. The van der Waals surface area contributed by atoms with Crippen LogP contribution in [-0.2, 0) is 6.18 Å². The van der Waals surface area contributed by atoms with Crippen LogP contribution in [0, 0.1) is 0 Å². The van der Waals surface area contributed by atoms with Crippen molar-refractivity contribution in [1.29, 1.82) is 0 Å². The highest BCUT2D eigenvalue weighted by Crippen LogP contribution is 2.31. The largest absolute Gasteiger partial charge is 0.504 e. The van der Waals surface area contributed by atoms with Gasteiger partial charge in [-0.1, -0.05) is 24.3 Å². The van der Waals surface area contributed by atoms with E-state index in [0.717, 1.165) is 24.3 Å². The van der Waals surface area contributed by atoms with Gasteiger partial charge in [0.2, 0.25) is 0 Å².